The molecular weight excluding hydrogens is 204 g/mol. The van der Waals surface area contributed by atoms with Gasteiger partial charge < -0.3 is 0 Å². The first kappa shape index (κ1) is 9.93. The fourth-order valence-corrected chi connectivity index (χ4v) is 2.09. The molecule has 0 amide bonds. The van der Waals surface area contributed by atoms with Crippen LogP contribution in [0.5, 0.6) is 0 Å². The Morgan fingerprint density at radius 2 is 1.60 bits per heavy atom. The molecule has 1 aromatic carbocycles. The molecular formula is C12H10N2S. The average molecular weight is 214 g/mol. The monoisotopic (exact) mass is 214 g/mol. The number of nitrogens with one attached hydrogen (secondary N) is 2. The number of hydrogen-bond acceptors (Lipinski definition) is 3. The summed E-state index contributed by atoms with van der Waals surface area (Å²) in [5.74, 6) is 0. The van der Waals surface area contributed by atoms with Crippen LogP contribution in [0.2, 0.25) is 0 Å². The zero-order valence-electron chi connectivity index (χ0n) is 8.03. The van der Waals surface area contributed by atoms with Gasteiger partial charge in [0.2, 0.25) is 0 Å². The van der Waals surface area contributed by atoms with Crippen molar-refractivity contribution < 1.29 is 0 Å². The summed E-state index contributed by atoms with van der Waals surface area (Å²) in [5, 5.41) is 14.9. The minimum Gasteiger partial charge on any atom is -0.299 e. The van der Waals surface area contributed by atoms with E-state index in [0.717, 1.165) is 9.80 Å². The third kappa shape index (κ3) is 2.44. The summed E-state index contributed by atoms with van der Waals surface area (Å²) in [4.78, 5) is 2.15. The predicted octanol–water partition coefficient (Wildman–Crippen LogP) is 3.27. The largest absolute Gasteiger partial charge is 0.299 e. The minimum absolute atomic E-state index is 0.271. The van der Waals surface area contributed by atoms with Crippen LogP contribution in [0.25, 0.3) is 0 Å². The van der Waals surface area contributed by atoms with Crippen molar-refractivity contribution in [1.29, 1.82) is 10.8 Å². The highest BCUT2D eigenvalue weighted by Gasteiger charge is 2.07. The van der Waals surface area contributed by atoms with Gasteiger partial charge in [-0.1, -0.05) is 30.0 Å². The van der Waals surface area contributed by atoms with Gasteiger partial charge in [0, 0.05) is 9.80 Å². The Morgan fingerprint density at radius 3 is 2.27 bits per heavy atom. The zero-order chi connectivity index (χ0) is 10.7. The van der Waals surface area contributed by atoms with Gasteiger partial charge in [0.15, 0.2) is 0 Å². The van der Waals surface area contributed by atoms with Crippen molar-refractivity contribution in [2.75, 3.05) is 0 Å². The van der Waals surface area contributed by atoms with E-state index in [1.165, 1.54) is 0 Å². The highest BCUT2D eigenvalue weighted by atomic mass is 32.2. The van der Waals surface area contributed by atoms with Crippen LogP contribution in [0.1, 0.15) is 0 Å². The van der Waals surface area contributed by atoms with E-state index in [1.807, 2.05) is 36.4 Å². The average Bonchev–Trinajstić information content (AvgIpc) is 2.25. The van der Waals surface area contributed by atoms with Gasteiger partial charge in [0.25, 0.3) is 0 Å². The van der Waals surface area contributed by atoms with Crippen molar-refractivity contribution in [2.45, 2.75) is 4.90 Å². The van der Waals surface area contributed by atoms with Gasteiger partial charge in [-0.05, 0) is 30.4 Å². The summed E-state index contributed by atoms with van der Waals surface area (Å²) in [5.41, 5.74) is 0.545. The first-order valence-electron chi connectivity index (χ1n) is 4.56. The second-order valence-electron chi connectivity index (χ2n) is 3.12. The standard InChI is InChI=1S/C12H10N2S/c13-11-7-6-10(8-12(11)14)15-9-4-2-1-3-5-9/h1-8,13-14H. The van der Waals surface area contributed by atoms with Crippen LogP contribution in [-0.2, 0) is 0 Å². The molecule has 2 N–H and O–H groups in total. The Bertz CT molecular complexity index is 458. The molecule has 0 aromatic heterocycles. The Morgan fingerprint density at radius 1 is 0.867 bits per heavy atom. The van der Waals surface area contributed by atoms with E-state index in [0.29, 0.717) is 0 Å². The van der Waals surface area contributed by atoms with Gasteiger partial charge in [-0.15, -0.1) is 0 Å². The number of hydrogen-bond donors (Lipinski definition) is 2. The van der Waals surface area contributed by atoms with E-state index < -0.39 is 0 Å². The molecule has 15 heavy (non-hydrogen) atoms. The van der Waals surface area contributed by atoms with E-state index >= 15 is 0 Å². The smallest absolute Gasteiger partial charge is 0.0800 e. The lowest BCUT2D eigenvalue weighted by molar-refractivity contribution is 1.46. The number of thioether (sulfide) groups is 1. The number of allylic oxidation sites excluding steroid dienone is 3. The molecule has 0 spiro atoms. The Balaban J connectivity index is 2.15. The van der Waals surface area contributed by atoms with Crippen molar-refractivity contribution >= 4 is 23.2 Å². The lowest BCUT2D eigenvalue weighted by Crippen LogP contribution is -2.09. The molecule has 0 unspecified atom stereocenters. The molecule has 0 saturated carbocycles. The van der Waals surface area contributed by atoms with Gasteiger partial charge in [-0.3, -0.25) is 10.8 Å². The van der Waals surface area contributed by atoms with Crippen molar-refractivity contribution in [2.24, 2.45) is 0 Å². The molecule has 0 bridgehead atoms. The van der Waals surface area contributed by atoms with Crippen molar-refractivity contribution in [3.05, 3.63) is 53.5 Å². The van der Waals surface area contributed by atoms with E-state index in [1.54, 1.807) is 23.9 Å². The quantitative estimate of drug-likeness (QED) is 0.729. The molecule has 2 nitrogen and oxygen atoms in total. The second-order valence-corrected chi connectivity index (χ2v) is 4.27. The normalized spacial score (nSPS) is 15.3. The van der Waals surface area contributed by atoms with Crippen LogP contribution in [0, 0.1) is 10.8 Å². The van der Waals surface area contributed by atoms with Crippen LogP contribution in [-0.4, -0.2) is 11.4 Å². The third-order valence-corrected chi connectivity index (χ3v) is 2.97. The topological polar surface area (TPSA) is 47.7 Å². The number of rotatable bonds is 2. The molecule has 0 fully saturated rings. The summed E-state index contributed by atoms with van der Waals surface area (Å²) in [6.45, 7) is 0. The van der Waals surface area contributed by atoms with Crippen molar-refractivity contribution in [3.8, 4) is 0 Å². The molecule has 0 saturated heterocycles. The highest BCUT2D eigenvalue weighted by Crippen LogP contribution is 2.28. The van der Waals surface area contributed by atoms with Crippen LogP contribution < -0.4 is 0 Å². The molecule has 0 aliphatic heterocycles. The Labute approximate surface area is 92.7 Å². The summed E-state index contributed by atoms with van der Waals surface area (Å²) >= 11 is 1.61. The van der Waals surface area contributed by atoms with Crippen LogP contribution >= 0.6 is 11.8 Å². The van der Waals surface area contributed by atoms with Gasteiger partial charge >= 0.3 is 0 Å². The maximum atomic E-state index is 7.53. The fraction of sp³-hybridized carbons (Fsp3) is 0. The van der Waals surface area contributed by atoms with Crippen LogP contribution in [0.4, 0.5) is 0 Å². The fourth-order valence-electron chi connectivity index (χ4n) is 1.21. The van der Waals surface area contributed by atoms with Crippen molar-refractivity contribution in [3.63, 3.8) is 0 Å². The van der Waals surface area contributed by atoms with E-state index in [2.05, 4.69) is 0 Å². The molecule has 0 radical (unpaired) electrons. The van der Waals surface area contributed by atoms with Gasteiger partial charge in [-0.25, -0.2) is 0 Å². The summed E-state index contributed by atoms with van der Waals surface area (Å²) in [7, 11) is 0. The molecule has 1 aliphatic carbocycles. The van der Waals surface area contributed by atoms with Gasteiger partial charge in [0.05, 0.1) is 11.4 Å². The molecule has 1 aliphatic rings. The predicted molar refractivity (Wildman–Crippen MR) is 65.0 cm³/mol. The molecule has 3 heteroatoms. The van der Waals surface area contributed by atoms with Crippen LogP contribution in [0.3, 0.4) is 0 Å². The SMILES string of the molecule is N=C1C=CC(Sc2ccccc2)=CC1=N. The Hall–Kier alpha value is -1.61. The summed E-state index contributed by atoms with van der Waals surface area (Å²) in [6, 6.07) is 10.0. The van der Waals surface area contributed by atoms with E-state index in [9.17, 15) is 0 Å². The summed E-state index contributed by atoms with van der Waals surface area (Å²) < 4.78 is 0. The third-order valence-electron chi connectivity index (χ3n) is 1.97. The molecule has 0 heterocycles. The van der Waals surface area contributed by atoms with E-state index in [-0.39, 0.29) is 11.4 Å². The highest BCUT2D eigenvalue weighted by molar-refractivity contribution is 8.03. The first-order chi connectivity index (χ1) is 7.25. The van der Waals surface area contributed by atoms with Gasteiger partial charge in [0.1, 0.15) is 0 Å². The minimum atomic E-state index is 0.271. The lowest BCUT2D eigenvalue weighted by atomic mass is 10.1. The lowest BCUT2D eigenvalue weighted by Gasteiger charge is -2.07. The van der Waals surface area contributed by atoms with Crippen LogP contribution in [0.15, 0.2) is 58.4 Å². The summed E-state index contributed by atoms with van der Waals surface area (Å²) in [6.07, 6.45) is 5.26. The molecule has 2 rings (SSSR count). The maximum Gasteiger partial charge on any atom is 0.0800 e. The van der Waals surface area contributed by atoms with E-state index in [4.69, 9.17) is 10.8 Å². The number of benzene rings is 1. The van der Waals surface area contributed by atoms with Crippen molar-refractivity contribution in [1.82, 2.24) is 0 Å². The molecule has 1 aromatic rings. The maximum absolute atomic E-state index is 7.53. The second kappa shape index (κ2) is 4.28. The molecule has 74 valence electrons. The zero-order valence-corrected chi connectivity index (χ0v) is 8.84. The first-order valence-corrected chi connectivity index (χ1v) is 5.37. The Kier molecular flexibility index (Phi) is 2.83. The molecule has 0 atom stereocenters. The van der Waals surface area contributed by atoms with Gasteiger partial charge in [-0.2, -0.15) is 0 Å².